The van der Waals surface area contributed by atoms with Crippen LogP contribution in [0.4, 0.5) is 4.39 Å². The van der Waals surface area contributed by atoms with Gasteiger partial charge in [0, 0.05) is 5.56 Å². The van der Waals surface area contributed by atoms with Crippen LogP contribution in [-0.4, -0.2) is 4.43 Å². The Kier molecular flexibility index (Phi) is 6.08. The van der Waals surface area contributed by atoms with Crippen molar-refractivity contribution in [1.29, 1.82) is 0 Å². The van der Waals surface area contributed by atoms with Gasteiger partial charge in [0.15, 0.2) is 0 Å². The Balaban J connectivity index is 0.000000386. The smallest absolute Gasteiger partial charge is 0.131 e. The van der Waals surface area contributed by atoms with Crippen LogP contribution < -0.4 is 0 Å². The van der Waals surface area contributed by atoms with Crippen LogP contribution in [0.1, 0.15) is 6.92 Å². The summed E-state index contributed by atoms with van der Waals surface area (Å²) >= 11 is 2.29. The molecule has 0 saturated heterocycles. The second-order valence-corrected chi connectivity index (χ2v) is 4.64. The first-order valence-corrected chi connectivity index (χ1v) is 6.68. The SMILES string of the molecule is CCI.Fc1ccccc1-c1ccccc1. The minimum absolute atomic E-state index is 0.172. The Bertz CT molecular complexity index is 412. The first-order valence-electron chi connectivity index (χ1n) is 5.15. The van der Waals surface area contributed by atoms with E-state index in [1.807, 2.05) is 36.4 Å². The first kappa shape index (κ1) is 13.2. The number of hydrogen-bond donors (Lipinski definition) is 0. The van der Waals surface area contributed by atoms with Crippen LogP contribution in [-0.2, 0) is 0 Å². The molecule has 0 spiro atoms. The highest BCUT2D eigenvalue weighted by atomic mass is 127. The first-order chi connectivity index (χ1) is 7.79. The zero-order valence-corrected chi connectivity index (χ0v) is 11.3. The molecule has 0 N–H and O–H groups in total. The summed E-state index contributed by atoms with van der Waals surface area (Å²) in [5.74, 6) is -0.172. The van der Waals surface area contributed by atoms with Crippen LogP contribution in [0.2, 0.25) is 0 Å². The topological polar surface area (TPSA) is 0 Å². The molecule has 0 aromatic heterocycles. The molecule has 2 rings (SSSR count). The Morgan fingerprint density at radius 1 is 0.938 bits per heavy atom. The molecule has 0 fully saturated rings. The standard InChI is InChI=1S/C12H9F.C2H5I/c13-12-9-5-4-8-11(12)10-6-2-1-3-7-10;1-2-3/h1-9H;2H2,1H3. The average Bonchev–Trinajstić information content (AvgIpc) is 2.32. The van der Waals surface area contributed by atoms with Gasteiger partial charge in [0.1, 0.15) is 5.82 Å². The summed E-state index contributed by atoms with van der Waals surface area (Å²) in [6.45, 7) is 2.11. The van der Waals surface area contributed by atoms with E-state index in [9.17, 15) is 4.39 Å². The second kappa shape index (κ2) is 7.39. The largest absolute Gasteiger partial charge is 0.206 e. The Hall–Kier alpha value is -0.900. The molecule has 0 aliphatic rings. The van der Waals surface area contributed by atoms with E-state index in [4.69, 9.17) is 0 Å². The summed E-state index contributed by atoms with van der Waals surface area (Å²) in [6, 6.07) is 16.3. The van der Waals surface area contributed by atoms with Crippen molar-refractivity contribution >= 4 is 22.6 Å². The van der Waals surface area contributed by atoms with Crippen molar-refractivity contribution in [2.24, 2.45) is 0 Å². The highest BCUT2D eigenvalue weighted by molar-refractivity contribution is 14.1. The van der Waals surface area contributed by atoms with Gasteiger partial charge in [0.25, 0.3) is 0 Å². The van der Waals surface area contributed by atoms with Gasteiger partial charge in [-0.25, -0.2) is 4.39 Å². The van der Waals surface area contributed by atoms with Gasteiger partial charge in [-0.2, -0.15) is 0 Å². The third-order valence-electron chi connectivity index (χ3n) is 1.96. The Morgan fingerprint density at radius 3 is 2.00 bits per heavy atom. The summed E-state index contributed by atoms with van der Waals surface area (Å²) in [4.78, 5) is 0. The number of benzene rings is 2. The molecule has 0 radical (unpaired) electrons. The molecule has 0 atom stereocenters. The maximum absolute atomic E-state index is 13.3. The van der Waals surface area contributed by atoms with Crippen LogP contribution in [0.3, 0.4) is 0 Å². The second-order valence-electron chi connectivity index (χ2n) is 3.11. The number of halogens is 2. The molecule has 0 amide bonds. The summed E-state index contributed by atoms with van der Waals surface area (Å²) in [5, 5.41) is 0. The summed E-state index contributed by atoms with van der Waals surface area (Å²) < 4.78 is 14.5. The zero-order chi connectivity index (χ0) is 11.8. The highest BCUT2D eigenvalue weighted by Gasteiger charge is 2.01. The highest BCUT2D eigenvalue weighted by Crippen LogP contribution is 2.21. The lowest BCUT2D eigenvalue weighted by Crippen LogP contribution is -1.81. The van der Waals surface area contributed by atoms with Crippen molar-refractivity contribution in [3.8, 4) is 11.1 Å². The van der Waals surface area contributed by atoms with Crippen molar-refractivity contribution in [2.75, 3.05) is 4.43 Å². The van der Waals surface area contributed by atoms with E-state index in [0.29, 0.717) is 5.56 Å². The lowest BCUT2D eigenvalue weighted by molar-refractivity contribution is 0.631. The summed E-state index contributed by atoms with van der Waals surface area (Å²) in [6.07, 6.45) is 0. The van der Waals surface area contributed by atoms with Gasteiger partial charge >= 0.3 is 0 Å². The summed E-state index contributed by atoms with van der Waals surface area (Å²) in [5.41, 5.74) is 1.57. The van der Waals surface area contributed by atoms with Crippen molar-refractivity contribution < 1.29 is 4.39 Å². The van der Waals surface area contributed by atoms with Crippen LogP contribution in [0.15, 0.2) is 54.6 Å². The van der Waals surface area contributed by atoms with E-state index in [1.54, 1.807) is 12.1 Å². The predicted octanol–water partition coefficient (Wildman–Crippen LogP) is 4.93. The predicted molar refractivity (Wildman–Crippen MR) is 76.4 cm³/mol. The van der Waals surface area contributed by atoms with Crippen LogP contribution in [0.5, 0.6) is 0 Å². The molecule has 0 nitrogen and oxygen atoms in total. The molecule has 2 aromatic rings. The van der Waals surface area contributed by atoms with Crippen LogP contribution >= 0.6 is 22.6 Å². The van der Waals surface area contributed by atoms with Gasteiger partial charge < -0.3 is 0 Å². The lowest BCUT2D eigenvalue weighted by atomic mass is 10.1. The van der Waals surface area contributed by atoms with Gasteiger partial charge in [-0.15, -0.1) is 0 Å². The number of hydrogen-bond acceptors (Lipinski definition) is 0. The normalized spacial score (nSPS) is 9.19. The zero-order valence-electron chi connectivity index (χ0n) is 9.16. The van der Waals surface area contributed by atoms with Crippen molar-refractivity contribution in [3.63, 3.8) is 0 Å². The van der Waals surface area contributed by atoms with E-state index >= 15 is 0 Å². The molecule has 0 aliphatic carbocycles. The molecule has 0 saturated carbocycles. The molecule has 84 valence electrons. The van der Waals surface area contributed by atoms with E-state index in [0.717, 1.165) is 5.56 Å². The average molecular weight is 328 g/mol. The maximum atomic E-state index is 13.3. The van der Waals surface area contributed by atoms with Gasteiger partial charge in [-0.05, 0) is 16.1 Å². The fourth-order valence-corrected chi connectivity index (χ4v) is 1.31. The molecule has 0 unspecified atom stereocenters. The molecule has 0 bridgehead atoms. The number of rotatable bonds is 1. The quantitative estimate of drug-likeness (QED) is 0.514. The molecule has 2 aromatic carbocycles. The molecule has 0 aliphatic heterocycles. The molecule has 16 heavy (non-hydrogen) atoms. The Labute approximate surface area is 110 Å². The van der Waals surface area contributed by atoms with E-state index in [-0.39, 0.29) is 5.82 Å². The maximum Gasteiger partial charge on any atom is 0.131 e. The Morgan fingerprint density at radius 2 is 1.44 bits per heavy atom. The van der Waals surface area contributed by atoms with E-state index in [2.05, 4.69) is 29.5 Å². The summed E-state index contributed by atoms with van der Waals surface area (Å²) in [7, 11) is 0. The van der Waals surface area contributed by atoms with Gasteiger partial charge in [0.05, 0.1) is 0 Å². The van der Waals surface area contributed by atoms with Crippen molar-refractivity contribution in [2.45, 2.75) is 6.92 Å². The van der Waals surface area contributed by atoms with Crippen LogP contribution in [0.25, 0.3) is 11.1 Å². The minimum Gasteiger partial charge on any atom is -0.206 e. The molecule has 0 heterocycles. The van der Waals surface area contributed by atoms with Gasteiger partial charge in [-0.3, -0.25) is 0 Å². The van der Waals surface area contributed by atoms with Gasteiger partial charge in [-0.1, -0.05) is 78.0 Å². The number of alkyl halides is 1. The van der Waals surface area contributed by atoms with Crippen LogP contribution in [0, 0.1) is 5.82 Å². The van der Waals surface area contributed by atoms with E-state index in [1.165, 1.54) is 10.5 Å². The fraction of sp³-hybridized carbons (Fsp3) is 0.143. The van der Waals surface area contributed by atoms with Crippen molar-refractivity contribution in [3.05, 3.63) is 60.4 Å². The van der Waals surface area contributed by atoms with E-state index < -0.39 is 0 Å². The fourth-order valence-electron chi connectivity index (χ4n) is 1.31. The lowest BCUT2D eigenvalue weighted by Gasteiger charge is -2.01. The van der Waals surface area contributed by atoms with Crippen molar-refractivity contribution in [1.82, 2.24) is 0 Å². The van der Waals surface area contributed by atoms with Gasteiger partial charge in [0.2, 0.25) is 0 Å². The molecular formula is C14H14FI. The molecular weight excluding hydrogens is 314 g/mol. The third kappa shape index (κ3) is 3.93. The third-order valence-corrected chi connectivity index (χ3v) is 1.96. The minimum atomic E-state index is -0.172. The monoisotopic (exact) mass is 328 g/mol. The molecule has 2 heteroatoms.